The van der Waals surface area contributed by atoms with Crippen LogP contribution in [-0.4, -0.2) is 0 Å². The van der Waals surface area contributed by atoms with Crippen LogP contribution in [0, 0.1) is 29.6 Å². The second-order valence-corrected chi connectivity index (χ2v) is 6.11. The van der Waals surface area contributed by atoms with E-state index >= 15 is 0 Å². The first-order chi connectivity index (χ1) is 6.68. The maximum Gasteiger partial charge on any atom is -0.0357 e. The summed E-state index contributed by atoms with van der Waals surface area (Å²) >= 11 is 0. The molecule has 0 aromatic carbocycles. The van der Waals surface area contributed by atoms with E-state index < -0.39 is 0 Å². The third kappa shape index (κ3) is 1.99. The SMILES string of the molecule is CC1CCCC(C2CCC(C)C2C)C1. The summed E-state index contributed by atoms with van der Waals surface area (Å²) in [6, 6.07) is 0. The minimum atomic E-state index is 0.997. The van der Waals surface area contributed by atoms with E-state index in [-0.39, 0.29) is 0 Å². The maximum absolute atomic E-state index is 2.50. The molecule has 5 atom stereocenters. The molecule has 2 rings (SSSR count). The summed E-state index contributed by atoms with van der Waals surface area (Å²) in [4.78, 5) is 0. The number of hydrogen-bond donors (Lipinski definition) is 0. The van der Waals surface area contributed by atoms with Crippen molar-refractivity contribution in [2.75, 3.05) is 0 Å². The molecule has 0 amide bonds. The molecule has 2 aliphatic carbocycles. The largest absolute Gasteiger partial charge is 0.0625 e. The fourth-order valence-electron chi connectivity index (χ4n) is 3.94. The van der Waals surface area contributed by atoms with Crippen LogP contribution in [0.2, 0.25) is 0 Å². The van der Waals surface area contributed by atoms with Gasteiger partial charge in [-0.2, -0.15) is 0 Å². The van der Waals surface area contributed by atoms with E-state index in [1.807, 2.05) is 0 Å². The standard InChI is InChI=1S/C14H26/c1-10-5-4-6-13(9-10)14-8-7-11(2)12(14)3/h10-14H,4-9H2,1-3H3. The van der Waals surface area contributed by atoms with Crippen molar-refractivity contribution in [3.05, 3.63) is 0 Å². The number of hydrogen-bond acceptors (Lipinski definition) is 0. The summed E-state index contributed by atoms with van der Waals surface area (Å²) in [7, 11) is 0. The quantitative estimate of drug-likeness (QED) is 0.577. The molecule has 0 spiro atoms. The Balaban J connectivity index is 1.94. The molecule has 0 nitrogen and oxygen atoms in total. The molecule has 0 N–H and O–H groups in total. The molecule has 2 saturated carbocycles. The lowest BCUT2D eigenvalue weighted by Gasteiger charge is -2.34. The smallest absolute Gasteiger partial charge is 0.0357 e. The van der Waals surface area contributed by atoms with E-state index in [0.717, 1.165) is 29.6 Å². The molecule has 2 fully saturated rings. The number of rotatable bonds is 1. The fraction of sp³-hybridized carbons (Fsp3) is 1.00. The van der Waals surface area contributed by atoms with E-state index in [1.54, 1.807) is 0 Å². The summed E-state index contributed by atoms with van der Waals surface area (Å²) in [6.45, 7) is 7.41. The van der Waals surface area contributed by atoms with Crippen LogP contribution in [0.25, 0.3) is 0 Å². The van der Waals surface area contributed by atoms with Crippen LogP contribution in [0.1, 0.15) is 59.3 Å². The Morgan fingerprint density at radius 1 is 0.857 bits per heavy atom. The zero-order valence-corrected chi connectivity index (χ0v) is 10.1. The summed E-state index contributed by atoms with van der Waals surface area (Å²) in [5.74, 6) is 5.17. The van der Waals surface area contributed by atoms with Gasteiger partial charge in [0, 0.05) is 0 Å². The van der Waals surface area contributed by atoms with Crippen molar-refractivity contribution in [2.24, 2.45) is 29.6 Å². The average molecular weight is 194 g/mol. The third-order valence-corrected chi connectivity index (χ3v) is 5.11. The van der Waals surface area contributed by atoms with Crippen LogP contribution in [0.15, 0.2) is 0 Å². The van der Waals surface area contributed by atoms with E-state index in [9.17, 15) is 0 Å². The molecule has 5 unspecified atom stereocenters. The molecule has 2 aliphatic rings. The van der Waals surface area contributed by atoms with Crippen molar-refractivity contribution in [2.45, 2.75) is 59.3 Å². The van der Waals surface area contributed by atoms with Gasteiger partial charge in [0.1, 0.15) is 0 Å². The minimum Gasteiger partial charge on any atom is -0.0625 e. The Morgan fingerprint density at radius 2 is 1.64 bits per heavy atom. The van der Waals surface area contributed by atoms with Gasteiger partial charge in [-0.25, -0.2) is 0 Å². The van der Waals surface area contributed by atoms with Gasteiger partial charge in [0.25, 0.3) is 0 Å². The monoisotopic (exact) mass is 194 g/mol. The second-order valence-electron chi connectivity index (χ2n) is 6.11. The Bertz CT molecular complexity index is 184. The van der Waals surface area contributed by atoms with Crippen molar-refractivity contribution < 1.29 is 0 Å². The van der Waals surface area contributed by atoms with Crippen molar-refractivity contribution in [3.63, 3.8) is 0 Å². The molecular weight excluding hydrogens is 168 g/mol. The summed E-state index contributed by atoms with van der Waals surface area (Å²) in [5.41, 5.74) is 0. The van der Waals surface area contributed by atoms with E-state index in [2.05, 4.69) is 20.8 Å². The first kappa shape index (κ1) is 10.5. The topological polar surface area (TPSA) is 0 Å². The molecule has 14 heavy (non-hydrogen) atoms. The maximum atomic E-state index is 2.50. The van der Waals surface area contributed by atoms with Crippen molar-refractivity contribution in [1.82, 2.24) is 0 Å². The molecule has 0 heteroatoms. The average Bonchev–Trinajstić information content (AvgIpc) is 2.48. The van der Waals surface area contributed by atoms with E-state index in [0.29, 0.717) is 0 Å². The Hall–Kier alpha value is 0. The van der Waals surface area contributed by atoms with Gasteiger partial charge in [-0.05, 0) is 42.4 Å². The Labute approximate surface area is 89.5 Å². The van der Waals surface area contributed by atoms with Gasteiger partial charge in [-0.15, -0.1) is 0 Å². The van der Waals surface area contributed by atoms with Gasteiger partial charge >= 0.3 is 0 Å². The van der Waals surface area contributed by atoms with E-state index in [1.165, 1.54) is 38.5 Å². The second kappa shape index (κ2) is 4.24. The van der Waals surface area contributed by atoms with Gasteiger partial charge in [0.15, 0.2) is 0 Å². The first-order valence-electron chi connectivity index (χ1n) is 6.68. The van der Waals surface area contributed by atoms with E-state index in [4.69, 9.17) is 0 Å². The Kier molecular flexibility index (Phi) is 3.19. The highest BCUT2D eigenvalue weighted by Gasteiger charge is 2.36. The van der Waals surface area contributed by atoms with Gasteiger partial charge in [0.2, 0.25) is 0 Å². The van der Waals surface area contributed by atoms with Crippen LogP contribution in [0.3, 0.4) is 0 Å². The fourth-order valence-corrected chi connectivity index (χ4v) is 3.94. The summed E-state index contributed by atoms with van der Waals surface area (Å²) in [5, 5.41) is 0. The Morgan fingerprint density at radius 3 is 2.21 bits per heavy atom. The van der Waals surface area contributed by atoms with Crippen LogP contribution in [0.5, 0.6) is 0 Å². The van der Waals surface area contributed by atoms with Gasteiger partial charge in [-0.1, -0.05) is 46.5 Å². The highest BCUT2D eigenvalue weighted by atomic mass is 14.4. The molecule has 0 radical (unpaired) electrons. The zero-order chi connectivity index (χ0) is 10.1. The zero-order valence-electron chi connectivity index (χ0n) is 10.1. The van der Waals surface area contributed by atoms with Crippen molar-refractivity contribution in [1.29, 1.82) is 0 Å². The third-order valence-electron chi connectivity index (χ3n) is 5.11. The highest BCUT2D eigenvalue weighted by Crippen LogP contribution is 2.46. The molecule has 0 aromatic rings. The van der Waals surface area contributed by atoms with Gasteiger partial charge in [0.05, 0.1) is 0 Å². The van der Waals surface area contributed by atoms with Crippen LogP contribution >= 0.6 is 0 Å². The molecular formula is C14H26. The lowest BCUT2D eigenvalue weighted by molar-refractivity contribution is 0.167. The predicted molar refractivity (Wildman–Crippen MR) is 62.2 cm³/mol. The predicted octanol–water partition coefficient (Wildman–Crippen LogP) is 4.49. The van der Waals surface area contributed by atoms with Crippen LogP contribution < -0.4 is 0 Å². The molecule has 0 aromatic heterocycles. The van der Waals surface area contributed by atoms with Crippen molar-refractivity contribution >= 4 is 0 Å². The van der Waals surface area contributed by atoms with Crippen molar-refractivity contribution in [3.8, 4) is 0 Å². The normalized spacial score (nSPS) is 49.5. The van der Waals surface area contributed by atoms with Crippen LogP contribution in [0.4, 0.5) is 0 Å². The minimum absolute atomic E-state index is 0.997. The summed E-state index contributed by atoms with van der Waals surface area (Å²) in [6.07, 6.45) is 9.08. The molecule has 0 heterocycles. The molecule has 82 valence electrons. The molecule has 0 aliphatic heterocycles. The lowest BCUT2D eigenvalue weighted by atomic mass is 9.72. The highest BCUT2D eigenvalue weighted by molar-refractivity contribution is 4.86. The van der Waals surface area contributed by atoms with Gasteiger partial charge < -0.3 is 0 Å². The van der Waals surface area contributed by atoms with Crippen LogP contribution in [-0.2, 0) is 0 Å². The van der Waals surface area contributed by atoms with Gasteiger partial charge in [-0.3, -0.25) is 0 Å². The molecule has 0 saturated heterocycles. The summed E-state index contributed by atoms with van der Waals surface area (Å²) < 4.78 is 0. The first-order valence-corrected chi connectivity index (χ1v) is 6.68. The molecule has 0 bridgehead atoms. The lowest BCUT2D eigenvalue weighted by Crippen LogP contribution is -2.24.